The highest BCUT2D eigenvalue weighted by Crippen LogP contribution is 2.35. The molecule has 1 aromatic carbocycles. The quantitative estimate of drug-likeness (QED) is 0.570. The Bertz CT molecular complexity index is 712. The van der Waals surface area contributed by atoms with Gasteiger partial charge in [-0.05, 0) is 46.1 Å². The smallest absolute Gasteiger partial charge is 0.293 e. The molecule has 8 nitrogen and oxygen atoms in total. The molecule has 24 heavy (non-hydrogen) atoms. The van der Waals surface area contributed by atoms with Crippen LogP contribution in [0.5, 0.6) is 0 Å². The van der Waals surface area contributed by atoms with Gasteiger partial charge in [-0.1, -0.05) is 12.8 Å². The number of nitrogens with zero attached hydrogens (tertiary/aromatic N) is 2. The first kappa shape index (κ1) is 18.6. The minimum atomic E-state index is -3.72. The summed E-state index contributed by atoms with van der Waals surface area (Å²) in [6.45, 7) is 0.582. The molecule has 1 saturated carbocycles. The van der Waals surface area contributed by atoms with Crippen molar-refractivity contribution in [2.75, 3.05) is 33.0 Å². The Morgan fingerprint density at radius 2 is 1.92 bits per heavy atom. The second-order valence-corrected chi connectivity index (χ2v) is 8.21. The lowest BCUT2D eigenvalue weighted by molar-refractivity contribution is -0.384. The van der Waals surface area contributed by atoms with Crippen molar-refractivity contribution in [2.24, 2.45) is 0 Å². The van der Waals surface area contributed by atoms with Crippen molar-refractivity contribution in [1.82, 2.24) is 9.62 Å². The third-order valence-electron chi connectivity index (χ3n) is 4.84. The lowest BCUT2D eigenvalue weighted by Crippen LogP contribution is -2.47. The molecule has 134 valence electrons. The van der Waals surface area contributed by atoms with Gasteiger partial charge in [0.2, 0.25) is 10.0 Å². The molecule has 1 aromatic rings. The zero-order valence-electron chi connectivity index (χ0n) is 14.2. The average molecular weight is 356 g/mol. The van der Waals surface area contributed by atoms with E-state index in [9.17, 15) is 18.5 Å². The minimum Gasteiger partial charge on any atom is -0.378 e. The van der Waals surface area contributed by atoms with Crippen molar-refractivity contribution in [1.29, 1.82) is 0 Å². The highest BCUT2D eigenvalue weighted by atomic mass is 32.2. The molecule has 0 atom stereocenters. The van der Waals surface area contributed by atoms with Crippen LogP contribution in [0.2, 0.25) is 0 Å². The lowest BCUT2D eigenvalue weighted by atomic mass is 9.96. The van der Waals surface area contributed by atoms with Crippen molar-refractivity contribution in [3.8, 4) is 0 Å². The Morgan fingerprint density at radius 3 is 2.42 bits per heavy atom. The summed E-state index contributed by atoms with van der Waals surface area (Å²) < 4.78 is 25.8. The lowest BCUT2D eigenvalue weighted by Gasteiger charge is -2.36. The van der Waals surface area contributed by atoms with E-state index in [0.29, 0.717) is 12.2 Å². The van der Waals surface area contributed by atoms with Crippen molar-refractivity contribution in [3.05, 3.63) is 28.3 Å². The molecular weight excluding hydrogens is 332 g/mol. The fraction of sp³-hybridized carbons (Fsp3) is 0.600. The van der Waals surface area contributed by atoms with Crippen molar-refractivity contribution >= 4 is 21.4 Å². The SMILES string of the molecule is CNS(=O)(=O)c1ccc(NCC2(N(C)C)CCCC2)c([N+](=O)[O-])c1. The second kappa shape index (κ2) is 7.04. The number of nitro groups is 1. The van der Waals surface area contributed by atoms with Crippen LogP contribution in [0.4, 0.5) is 11.4 Å². The van der Waals surface area contributed by atoms with Gasteiger partial charge < -0.3 is 10.2 Å². The Kier molecular flexibility index (Phi) is 5.46. The maximum atomic E-state index is 11.8. The number of rotatable bonds is 7. The molecule has 0 amide bonds. The Balaban J connectivity index is 2.29. The molecule has 0 bridgehead atoms. The predicted molar refractivity (Wildman–Crippen MR) is 92.7 cm³/mol. The average Bonchev–Trinajstić information content (AvgIpc) is 3.03. The number of nitrogens with one attached hydrogen (secondary N) is 2. The molecule has 1 aliphatic rings. The summed E-state index contributed by atoms with van der Waals surface area (Å²) in [6, 6.07) is 3.92. The first-order chi connectivity index (χ1) is 11.2. The monoisotopic (exact) mass is 356 g/mol. The summed E-state index contributed by atoms with van der Waals surface area (Å²) in [5.41, 5.74) is 0.0743. The van der Waals surface area contributed by atoms with Crippen molar-refractivity contribution < 1.29 is 13.3 Å². The maximum absolute atomic E-state index is 11.8. The summed E-state index contributed by atoms with van der Waals surface area (Å²) in [4.78, 5) is 12.8. The van der Waals surface area contributed by atoms with E-state index < -0.39 is 14.9 Å². The van der Waals surface area contributed by atoms with Crippen molar-refractivity contribution in [2.45, 2.75) is 36.1 Å². The van der Waals surface area contributed by atoms with Crippen LogP contribution in [-0.4, -0.2) is 51.5 Å². The highest BCUT2D eigenvalue weighted by Gasteiger charge is 2.36. The molecule has 0 heterocycles. The summed E-state index contributed by atoms with van der Waals surface area (Å²) >= 11 is 0. The Labute approximate surface area is 142 Å². The van der Waals surface area contributed by atoms with Crippen LogP contribution < -0.4 is 10.0 Å². The van der Waals surface area contributed by atoms with Crippen LogP contribution >= 0.6 is 0 Å². The normalized spacial score (nSPS) is 17.2. The standard InChI is InChI=1S/C15H24N4O4S/c1-16-24(22,23)12-6-7-13(14(10-12)19(20)21)17-11-15(18(2)3)8-4-5-9-15/h6-7,10,16-17H,4-5,8-9,11H2,1-3H3. The topological polar surface area (TPSA) is 105 Å². The molecule has 1 fully saturated rings. The van der Waals surface area contributed by atoms with E-state index in [2.05, 4.69) is 14.9 Å². The third kappa shape index (κ3) is 3.68. The molecule has 0 spiro atoms. The van der Waals surface area contributed by atoms with E-state index in [4.69, 9.17) is 0 Å². The van der Waals surface area contributed by atoms with E-state index in [0.717, 1.165) is 31.7 Å². The molecule has 0 saturated heterocycles. The number of sulfonamides is 1. The van der Waals surface area contributed by atoms with Gasteiger partial charge in [-0.25, -0.2) is 13.1 Å². The van der Waals surface area contributed by atoms with Crippen LogP contribution in [0.25, 0.3) is 0 Å². The zero-order valence-corrected chi connectivity index (χ0v) is 15.0. The van der Waals surface area contributed by atoms with E-state index in [1.54, 1.807) is 0 Å². The fourth-order valence-electron chi connectivity index (χ4n) is 3.17. The second-order valence-electron chi connectivity index (χ2n) is 6.32. The van der Waals surface area contributed by atoms with Crippen LogP contribution in [0.1, 0.15) is 25.7 Å². The molecule has 9 heteroatoms. The number of nitro benzene ring substituents is 1. The van der Waals surface area contributed by atoms with E-state index in [-0.39, 0.29) is 16.1 Å². The molecule has 0 aliphatic heterocycles. The zero-order chi connectivity index (χ0) is 18.0. The van der Waals surface area contributed by atoms with Crippen LogP contribution in [0, 0.1) is 10.1 Å². The number of anilines is 1. The van der Waals surface area contributed by atoms with E-state index >= 15 is 0 Å². The number of benzene rings is 1. The van der Waals surface area contributed by atoms with Gasteiger partial charge in [0.15, 0.2) is 0 Å². The van der Waals surface area contributed by atoms with Crippen LogP contribution in [-0.2, 0) is 10.0 Å². The Morgan fingerprint density at radius 1 is 1.29 bits per heavy atom. The maximum Gasteiger partial charge on any atom is 0.293 e. The molecule has 2 rings (SSSR count). The van der Waals surface area contributed by atoms with Gasteiger partial charge in [-0.15, -0.1) is 0 Å². The summed E-state index contributed by atoms with van der Waals surface area (Å²) in [5, 5.41) is 14.5. The van der Waals surface area contributed by atoms with Gasteiger partial charge in [0, 0.05) is 18.2 Å². The van der Waals surface area contributed by atoms with Gasteiger partial charge in [0.25, 0.3) is 5.69 Å². The van der Waals surface area contributed by atoms with E-state index in [1.165, 1.54) is 19.2 Å². The highest BCUT2D eigenvalue weighted by molar-refractivity contribution is 7.89. The molecule has 0 aromatic heterocycles. The van der Waals surface area contributed by atoms with Crippen molar-refractivity contribution in [3.63, 3.8) is 0 Å². The number of hydrogen-bond acceptors (Lipinski definition) is 6. The summed E-state index contributed by atoms with van der Waals surface area (Å²) in [6.07, 6.45) is 4.35. The molecule has 1 aliphatic carbocycles. The van der Waals surface area contributed by atoms with Gasteiger partial charge in [-0.3, -0.25) is 10.1 Å². The number of hydrogen-bond donors (Lipinski definition) is 2. The van der Waals surface area contributed by atoms with Crippen LogP contribution in [0.3, 0.4) is 0 Å². The molecular formula is C15H24N4O4S. The van der Waals surface area contributed by atoms with Gasteiger partial charge in [0.05, 0.1) is 9.82 Å². The van der Waals surface area contributed by atoms with Gasteiger partial charge >= 0.3 is 0 Å². The van der Waals surface area contributed by atoms with Crippen LogP contribution in [0.15, 0.2) is 23.1 Å². The summed E-state index contributed by atoms with van der Waals surface area (Å²) in [5.74, 6) is 0. The fourth-order valence-corrected chi connectivity index (χ4v) is 3.92. The number of likely N-dealkylation sites (N-methyl/N-ethyl adjacent to an activating group) is 1. The predicted octanol–water partition coefficient (Wildman–Crippen LogP) is 1.79. The third-order valence-corrected chi connectivity index (χ3v) is 6.25. The largest absolute Gasteiger partial charge is 0.378 e. The molecule has 0 radical (unpaired) electrons. The first-order valence-electron chi connectivity index (χ1n) is 7.85. The minimum absolute atomic E-state index is 0.0242. The molecule has 0 unspecified atom stereocenters. The van der Waals surface area contributed by atoms with E-state index in [1.807, 2.05) is 14.1 Å². The first-order valence-corrected chi connectivity index (χ1v) is 9.33. The van der Waals surface area contributed by atoms with Gasteiger partial charge in [0.1, 0.15) is 5.69 Å². The molecule has 2 N–H and O–H groups in total. The van der Waals surface area contributed by atoms with Gasteiger partial charge in [-0.2, -0.15) is 0 Å². The Hall–Kier alpha value is -1.71. The summed E-state index contributed by atoms with van der Waals surface area (Å²) in [7, 11) is 1.59.